The molecule has 0 saturated carbocycles. The summed E-state index contributed by atoms with van der Waals surface area (Å²) in [6.07, 6.45) is 2.99. The summed E-state index contributed by atoms with van der Waals surface area (Å²) in [6, 6.07) is 3.76. The highest BCUT2D eigenvalue weighted by molar-refractivity contribution is 7.91. The zero-order chi connectivity index (χ0) is 14.3. The van der Waals surface area contributed by atoms with Gasteiger partial charge in [0, 0.05) is 11.1 Å². The molecular formula is C13H14N2O3S2. The molecule has 3 heterocycles. The molecule has 1 atom stereocenters. The molecule has 0 aromatic carbocycles. The third-order valence-electron chi connectivity index (χ3n) is 3.44. The number of rotatable bonds is 3. The van der Waals surface area contributed by atoms with Crippen LogP contribution < -0.4 is 0 Å². The van der Waals surface area contributed by atoms with Gasteiger partial charge in [-0.1, -0.05) is 0 Å². The van der Waals surface area contributed by atoms with E-state index in [1.54, 1.807) is 22.2 Å². The van der Waals surface area contributed by atoms with Crippen LogP contribution in [0, 0.1) is 6.92 Å². The van der Waals surface area contributed by atoms with Gasteiger partial charge in [-0.3, -0.25) is 9.48 Å². The zero-order valence-corrected chi connectivity index (χ0v) is 12.6. The second-order valence-corrected chi connectivity index (χ2v) is 8.51. The minimum Gasteiger partial charge on any atom is -0.298 e. The van der Waals surface area contributed by atoms with E-state index in [4.69, 9.17) is 0 Å². The summed E-state index contributed by atoms with van der Waals surface area (Å²) < 4.78 is 24.7. The molecule has 1 aliphatic heterocycles. The van der Waals surface area contributed by atoms with Crippen LogP contribution in [-0.4, -0.2) is 36.0 Å². The Morgan fingerprint density at radius 2 is 2.25 bits per heavy atom. The number of sulfone groups is 1. The second-order valence-electron chi connectivity index (χ2n) is 5.00. The summed E-state index contributed by atoms with van der Waals surface area (Å²) in [5.41, 5.74) is 1.15. The first kappa shape index (κ1) is 13.5. The van der Waals surface area contributed by atoms with Crippen LogP contribution in [0.3, 0.4) is 0 Å². The predicted molar refractivity (Wildman–Crippen MR) is 78.0 cm³/mol. The van der Waals surface area contributed by atoms with E-state index in [9.17, 15) is 13.2 Å². The average molecular weight is 310 g/mol. The van der Waals surface area contributed by atoms with Gasteiger partial charge in [-0.25, -0.2) is 8.42 Å². The molecule has 1 fully saturated rings. The highest BCUT2D eigenvalue weighted by Crippen LogP contribution is 2.31. The Bertz CT molecular complexity index is 758. The highest BCUT2D eigenvalue weighted by atomic mass is 32.2. The molecule has 7 heteroatoms. The number of hydrogen-bond donors (Lipinski definition) is 0. The summed E-state index contributed by atoms with van der Waals surface area (Å²) in [5, 5.41) is 4.44. The molecule has 2 aromatic rings. The maximum absolute atomic E-state index is 11.5. The van der Waals surface area contributed by atoms with Crippen molar-refractivity contribution in [1.29, 1.82) is 0 Å². The molecule has 1 aliphatic rings. The van der Waals surface area contributed by atoms with Crippen molar-refractivity contribution in [3.63, 3.8) is 0 Å². The molecule has 20 heavy (non-hydrogen) atoms. The number of thiophene rings is 1. The Labute approximate surface area is 121 Å². The number of hydrogen-bond acceptors (Lipinski definition) is 5. The fraction of sp³-hybridized carbons (Fsp3) is 0.385. The van der Waals surface area contributed by atoms with Crippen LogP contribution >= 0.6 is 11.3 Å². The van der Waals surface area contributed by atoms with Crippen LogP contribution in [0.25, 0.3) is 10.6 Å². The van der Waals surface area contributed by atoms with Gasteiger partial charge >= 0.3 is 0 Å². The molecule has 0 N–H and O–H groups in total. The van der Waals surface area contributed by atoms with E-state index in [2.05, 4.69) is 5.10 Å². The maximum Gasteiger partial charge on any atom is 0.153 e. The summed E-state index contributed by atoms with van der Waals surface area (Å²) in [6.45, 7) is 2.00. The lowest BCUT2D eigenvalue weighted by atomic mass is 10.2. The van der Waals surface area contributed by atoms with E-state index in [-0.39, 0.29) is 17.5 Å². The van der Waals surface area contributed by atoms with Crippen molar-refractivity contribution in [2.24, 2.45) is 0 Å². The summed E-state index contributed by atoms with van der Waals surface area (Å²) >= 11 is 1.57. The standard InChI is InChI=1S/C13H14N2O3S2/c1-9-2-3-12(19-9)13-10(7-16)6-15(14-13)11-4-5-20(17,18)8-11/h2-3,6-7,11H,4-5,8H2,1H3. The van der Waals surface area contributed by atoms with E-state index >= 15 is 0 Å². The van der Waals surface area contributed by atoms with Crippen molar-refractivity contribution in [1.82, 2.24) is 9.78 Å². The van der Waals surface area contributed by atoms with Crippen LogP contribution in [0.15, 0.2) is 18.3 Å². The average Bonchev–Trinajstić information content (AvgIpc) is 3.06. The second kappa shape index (κ2) is 4.82. The van der Waals surface area contributed by atoms with Crippen molar-refractivity contribution in [3.8, 4) is 10.6 Å². The topological polar surface area (TPSA) is 69.0 Å². The van der Waals surface area contributed by atoms with Crippen molar-refractivity contribution >= 4 is 27.5 Å². The number of carbonyl (C=O) groups excluding carboxylic acids is 1. The number of aryl methyl sites for hydroxylation is 1. The van der Waals surface area contributed by atoms with Gasteiger partial charge in [0.25, 0.3) is 0 Å². The highest BCUT2D eigenvalue weighted by Gasteiger charge is 2.30. The van der Waals surface area contributed by atoms with Crippen molar-refractivity contribution < 1.29 is 13.2 Å². The Balaban J connectivity index is 1.99. The van der Waals surface area contributed by atoms with Gasteiger partial charge in [-0.15, -0.1) is 11.3 Å². The molecule has 0 radical (unpaired) electrons. The molecule has 3 rings (SSSR count). The van der Waals surface area contributed by atoms with Gasteiger partial charge < -0.3 is 0 Å². The lowest BCUT2D eigenvalue weighted by molar-refractivity contribution is 0.112. The van der Waals surface area contributed by atoms with E-state index in [0.717, 1.165) is 16.0 Å². The summed E-state index contributed by atoms with van der Waals surface area (Å²) in [5.74, 6) is 0.303. The number of aromatic nitrogens is 2. The predicted octanol–water partition coefficient (Wildman–Crippen LogP) is 2.09. The van der Waals surface area contributed by atoms with Crippen LogP contribution in [0.4, 0.5) is 0 Å². The lowest BCUT2D eigenvalue weighted by Crippen LogP contribution is -2.11. The minimum atomic E-state index is -2.96. The van der Waals surface area contributed by atoms with Crippen LogP contribution in [-0.2, 0) is 9.84 Å². The molecule has 0 amide bonds. The van der Waals surface area contributed by atoms with E-state index in [0.29, 0.717) is 17.7 Å². The number of nitrogens with zero attached hydrogens (tertiary/aromatic N) is 2. The van der Waals surface area contributed by atoms with E-state index < -0.39 is 9.84 Å². The molecule has 0 aliphatic carbocycles. The zero-order valence-electron chi connectivity index (χ0n) is 10.9. The smallest absolute Gasteiger partial charge is 0.153 e. The maximum atomic E-state index is 11.5. The molecular weight excluding hydrogens is 296 g/mol. The molecule has 0 bridgehead atoms. The van der Waals surface area contributed by atoms with Gasteiger partial charge in [0.15, 0.2) is 16.1 Å². The fourth-order valence-electron chi connectivity index (χ4n) is 2.42. The summed E-state index contributed by atoms with van der Waals surface area (Å²) in [4.78, 5) is 13.3. The van der Waals surface area contributed by atoms with Crippen LogP contribution in [0.2, 0.25) is 0 Å². The number of carbonyl (C=O) groups is 1. The van der Waals surface area contributed by atoms with Gasteiger partial charge in [0.05, 0.1) is 28.0 Å². The van der Waals surface area contributed by atoms with Crippen molar-refractivity contribution in [2.45, 2.75) is 19.4 Å². The quantitative estimate of drug-likeness (QED) is 0.814. The molecule has 1 unspecified atom stereocenters. The molecule has 5 nitrogen and oxygen atoms in total. The van der Waals surface area contributed by atoms with Crippen LogP contribution in [0.5, 0.6) is 0 Å². The third kappa shape index (κ3) is 2.43. The number of aldehydes is 1. The SMILES string of the molecule is Cc1ccc(-c2nn(C3CCS(=O)(=O)C3)cc2C=O)s1. The Kier molecular flexibility index (Phi) is 3.25. The van der Waals surface area contributed by atoms with Gasteiger partial charge in [0.1, 0.15) is 5.69 Å². The lowest BCUT2D eigenvalue weighted by Gasteiger charge is -2.07. The van der Waals surface area contributed by atoms with Crippen molar-refractivity contribution in [2.75, 3.05) is 11.5 Å². The monoisotopic (exact) mass is 310 g/mol. The van der Waals surface area contributed by atoms with Gasteiger partial charge in [-0.05, 0) is 25.5 Å². The normalized spacial score (nSPS) is 21.1. The van der Waals surface area contributed by atoms with Crippen LogP contribution in [0.1, 0.15) is 27.7 Å². The van der Waals surface area contributed by atoms with Gasteiger partial charge in [-0.2, -0.15) is 5.10 Å². The molecule has 1 saturated heterocycles. The summed E-state index contributed by atoms with van der Waals surface area (Å²) in [7, 11) is -2.96. The Morgan fingerprint density at radius 1 is 1.45 bits per heavy atom. The Morgan fingerprint density at radius 3 is 2.80 bits per heavy atom. The third-order valence-corrected chi connectivity index (χ3v) is 6.20. The van der Waals surface area contributed by atoms with Crippen molar-refractivity contribution in [3.05, 3.63) is 28.8 Å². The minimum absolute atomic E-state index is 0.107. The first-order chi connectivity index (χ1) is 9.48. The molecule has 2 aromatic heterocycles. The Hall–Kier alpha value is -1.47. The fourth-order valence-corrected chi connectivity index (χ4v) is 4.99. The van der Waals surface area contributed by atoms with E-state index in [1.807, 2.05) is 19.1 Å². The first-order valence-corrected chi connectivity index (χ1v) is 8.94. The largest absolute Gasteiger partial charge is 0.298 e. The molecule has 0 spiro atoms. The van der Waals surface area contributed by atoms with E-state index in [1.165, 1.54) is 0 Å². The first-order valence-electron chi connectivity index (χ1n) is 6.30. The molecule has 106 valence electrons. The van der Waals surface area contributed by atoms with Gasteiger partial charge in [0.2, 0.25) is 0 Å².